The van der Waals surface area contributed by atoms with Gasteiger partial charge < -0.3 is 0 Å². The molecule has 0 fully saturated rings. The van der Waals surface area contributed by atoms with Gasteiger partial charge in [0.1, 0.15) is 5.69 Å². The van der Waals surface area contributed by atoms with Gasteiger partial charge in [-0.15, -0.1) is 4.68 Å². The molecule has 0 bridgehead atoms. The minimum atomic E-state index is 0.620. The first-order valence-electron chi connectivity index (χ1n) is 2.75. The second-order valence-corrected chi connectivity index (χ2v) is 2.03. The average Bonchev–Trinajstić information content (AvgIpc) is 2.13. The Hall–Kier alpha value is -1.12. The van der Waals surface area contributed by atoms with Crippen LogP contribution in [0, 0.1) is 6.92 Å². The number of aryl methyl sites for hydroxylation is 2. The summed E-state index contributed by atoms with van der Waals surface area (Å²) in [7, 11) is 1.86. The maximum atomic E-state index is 10.1. The Morgan fingerprint density at radius 3 is 2.67 bits per heavy atom. The highest BCUT2D eigenvalue weighted by atomic mass is 16.1. The van der Waals surface area contributed by atoms with Crippen LogP contribution in [0.2, 0.25) is 0 Å². The van der Waals surface area contributed by atoms with Gasteiger partial charge in [0.25, 0.3) is 0 Å². The van der Waals surface area contributed by atoms with Gasteiger partial charge in [-0.25, -0.2) is 0 Å². The molecule has 0 unspecified atom stereocenters. The lowest BCUT2D eigenvalue weighted by molar-refractivity contribution is -0.732. The molecule has 1 aromatic heterocycles. The predicted octanol–water partition coefficient (Wildman–Crippen LogP) is -0.0399. The molecule has 1 N–H and O–H groups in total. The Kier molecular flexibility index (Phi) is 1.34. The molecule has 0 aliphatic rings. The molecule has 3 heteroatoms. The summed E-state index contributed by atoms with van der Waals surface area (Å²) >= 11 is 0. The number of aldehydes is 1. The topological polar surface area (TPSA) is 36.7 Å². The first kappa shape index (κ1) is 6.01. The van der Waals surface area contributed by atoms with E-state index in [9.17, 15) is 4.79 Å². The van der Waals surface area contributed by atoms with E-state index in [0.29, 0.717) is 5.69 Å². The lowest BCUT2D eigenvalue weighted by Gasteiger charge is -1.75. The van der Waals surface area contributed by atoms with E-state index in [2.05, 4.69) is 5.10 Å². The number of carbonyl (C=O) groups excluding carboxylic acids is 1. The number of aromatic nitrogens is 2. The molecule has 0 radical (unpaired) electrons. The molecule has 0 saturated heterocycles. The standard InChI is InChI=1S/C6H8N2O/c1-5-3-6(4-9)7-8(5)2/h3-4H,1-2H3/p+1. The molecule has 48 valence electrons. The predicted molar refractivity (Wildman–Crippen MR) is 32.1 cm³/mol. The van der Waals surface area contributed by atoms with E-state index >= 15 is 0 Å². The molecule has 0 aromatic carbocycles. The van der Waals surface area contributed by atoms with Crippen molar-refractivity contribution in [2.45, 2.75) is 6.92 Å². The highest BCUT2D eigenvalue weighted by molar-refractivity contribution is 5.71. The third-order valence-corrected chi connectivity index (χ3v) is 1.32. The molecule has 1 aromatic rings. The lowest BCUT2D eigenvalue weighted by atomic mass is 10.4. The van der Waals surface area contributed by atoms with Crippen molar-refractivity contribution in [2.24, 2.45) is 7.05 Å². The van der Waals surface area contributed by atoms with Crippen LogP contribution < -0.4 is 4.68 Å². The molecule has 0 atom stereocenters. The first-order chi connectivity index (χ1) is 4.24. The number of nitrogens with zero attached hydrogens (tertiary/aromatic N) is 1. The molecular formula is C6H9N2O+. The van der Waals surface area contributed by atoms with Crippen LogP contribution in [0.15, 0.2) is 6.07 Å². The van der Waals surface area contributed by atoms with Crippen molar-refractivity contribution in [1.82, 2.24) is 5.10 Å². The Bertz CT molecular complexity index is 207. The zero-order valence-corrected chi connectivity index (χ0v) is 5.51. The number of hydrogen-bond acceptors (Lipinski definition) is 1. The Morgan fingerprint density at radius 2 is 2.44 bits per heavy atom. The van der Waals surface area contributed by atoms with Gasteiger partial charge in [0, 0.05) is 13.0 Å². The van der Waals surface area contributed by atoms with Crippen LogP contribution in [0.5, 0.6) is 0 Å². The van der Waals surface area contributed by atoms with Crippen molar-refractivity contribution in [3.8, 4) is 0 Å². The van der Waals surface area contributed by atoms with Crippen LogP contribution in [0.25, 0.3) is 0 Å². The summed E-state index contributed by atoms with van der Waals surface area (Å²) in [5.74, 6) is 0. The first-order valence-corrected chi connectivity index (χ1v) is 2.75. The van der Waals surface area contributed by atoms with Crippen LogP contribution in [0.3, 0.4) is 0 Å². The van der Waals surface area contributed by atoms with E-state index in [1.165, 1.54) is 0 Å². The third-order valence-electron chi connectivity index (χ3n) is 1.32. The fraction of sp³-hybridized carbons (Fsp3) is 0.333. The summed E-state index contributed by atoms with van der Waals surface area (Å²) < 4.78 is 1.80. The minimum Gasteiger partial charge on any atom is -0.296 e. The molecule has 1 rings (SSSR count). The molecule has 0 saturated carbocycles. The van der Waals surface area contributed by atoms with E-state index in [1.54, 1.807) is 10.7 Å². The van der Waals surface area contributed by atoms with Crippen LogP contribution in [-0.4, -0.2) is 11.4 Å². The van der Waals surface area contributed by atoms with Gasteiger partial charge in [-0.2, -0.15) is 5.10 Å². The monoisotopic (exact) mass is 125 g/mol. The molecule has 1 heterocycles. The highest BCUT2D eigenvalue weighted by Gasteiger charge is 2.03. The normalized spacial score (nSPS) is 9.56. The van der Waals surface area contributed by atoms with E-state index in [4.69, 9.17) is 0 Å². The van der Waals surface area contributed by atoms with E-state index < -0.39 is 0 Å². The minimum absolute atomic E-state index is 0.620. The van der Waals surface area contributed by atoms with Gasteiger partial charge in [0.05, 0.1) is 0 Å². The second kappa shape index (κ2) is 2.01. The SMILES string of the molecule is Cc1cc(C=O)[nH][n+]1C. The van der Waals surface area contributed by atoms with Gasteiger partial charge in [0.15, 0.2) is 13.3 Å². The van der Waals surface area contributed by atoms with Gasteiger partial charge in [-0.05, 0) is 0 Å². The quantitative estimate of drug-likeness (QED) is 0.415. The van der Waals surface area contributed by atoms with Crippen molar-refractivity contribution in [3.05, 3.63) is 17.5 Å². The zero-order valence-electron chi connectivity index (χ0n) is 5.51. The smallest absolute Gasteiger partial charge is 0.205 e. The largest absolute Gasteiger partial charge is 0.296 e. The molecule has 0 spiro atoms. The van der Waals surface area contributed by atoms with Crippen LogP contribution in [-0.2, 0) is 7.05 Å². The summed E-state index contributed by atoms with van der Waals surface area (Å²) in [4.78, 5) is 10.1. The Balaban J connectivity index is 3.11. The maximum Gasteiger partial charge on any atom is 0.205 e. The van der Waals surface area contributed by atoms with E-state index in [1.807, 2.05) is 14.0 Å². The van der Waals surface area contributed by atoms with Crippen molar-refractivity contribution >= 4 is 6.29 Å². The van der Waals surface area contributed by atoms with Crippen LogP contribution >= 0.6 is 0 Å². The number of H-pyrrole nitrogens is 1. The molecule has 0 amide bonds. The van der Waals surface area contributed by atoms with Crippen molar-refractivity contribution in [3.63, 3.8) is 0 Å². The highest BCUT2D eigenvalue weighted by Crippen LogP contribution is 1.89. The van der Waals surface area contributed by atoms with Gasteiger partial charge >= 0.3 is 0 Å². The third kappa shape index (κ3) is 0.988. The number of aromatic amines is 1. The Morgan fingerprint density at radius 1 is 1.78 bits per heavy atom. The van der Waals surface area contributed by atoms with Gasteiger partial charge in [-0.1, -0.05) is 0 Å². The summed E-state index contributed by atoms with van der Waals surface area (Å²) in [6.07, 6.45) is 0.799. The van der Waals surface area contributed by atoms with Crippen molar-refractivity contribution in [2.75, 3.05) is 0 Å². The fourth-order valence-corrected chi connectivity index (χ4v) is 0.696. The van der Waals surface area contributed by atoms with Crippen LogP contribution in [0.1, 0.15) is 16.2 Å². The summed E-state index contributed by atoms with van der Waals surface area (Å²) in [6.45, 7) is 1.93. The Labute approximate surface area is 53.3 Å². The van der Waals surface area contributed by atoms with E-state index in [-0.39, 0.29) is 0 Å². The van der Waals surface area contributed by atoms with Crippen molar-refractivity contribution < 1.29 is 9.48 Å². The second-order valence-electron chi connectivity index (χ2n) is 2.03. The number of nitrogens with one attached hydrogen (secondary N) is 1. The van der Waals surface area contributed by atoms with Crippen molar-refractivity contribution in [1.29, 1.82) is 0 Å². The molecule has 0 aliphatic carbocycles. The van der Waals surface area contributed by atoms with Gasteiger partial charge in [0.2, 0.25) is 5.69 Å². The molecule has 0 aliphatic heterocycles. The zero-order chi connectivity index (χ0) is 6.85. The maximum absolute atomic E-state index is 10.1. The van der Waals surface area contributed by atoms with E-state index in [0.717, 1.165) is 12.0 Å². The summed E-state index contributed by atoms with van der Waals surface area (Å²) in [5, 5.41) is 2.84. The number of hydrogen-bond donors (Lipinski definition) is 1. The summed E-state index contributed by atoms with van der Waals surface area (Å²) in [6, 6.07) is 1.80. The fourth-order valence-electron chi connectivity index (χ4n) is 0.696. The van der Waals surface area contributed by atoms with Gasteiger partial charge in [-0.3, -0.25) is 4.79 Å². The number of carbonyl (C=O) groups is 1. The molecular weight excluding hydrogens is 116 g/mol. The van der Waals surface area contributed by atoms with Crippen LogP contribution in [0.4, 0.5) is 0 Å². The number of rotatable bonds is 1. The average molecular weight is 125 g/mol. The lowest BCUT2D eigenvalue weighted by Crippen LogP contribution is -2.32. The molecule has 3 nitrogen and oxygen atoms in total. The molecule has 9 heavy (non-hydrogen) atoms. The summed E-state index contributed by atoms with van der Waals surface area (Å²) in [5.41, 5.74) is 1.67.